The maximum Gasteiger partial charge on any atom is 0.234 e. The number of aryl methyl sites for hydroxylation is 4. The number of amides is 1. The average molecular weight is 459 g/mol. The molecule has 0 saturated carbocycles. The number of aromatic hydroxyl groups is 1. The molecule has 0 bridgehead atoms. The predicted octanol–water partition coefficient (Wildman–Crippen LogP) is 5.60. The molecule has 4 aromatic rings. The van der Waals surface area contributed by atoms with Crippen LogP contribution in [0.5, 0.6) is 5.75 Å². The van der Waals surface area contributed by atoms with Gasteiger partial charge in [0.2, 0.25) is 5.91 Å². The molecule has 0 atom stereocenters. The van der Waals surface area contributed by atoms with E-state index in [9.17, 15) is 9.90 Å². The number of nitrogens with zero attached hydrogens (tertiary/aromatic N) is 3. The summed E-state index contributed by atoms with van der Waals surface area (Å²) in [5.74, 6) is 0.711. The van der Waals surface area contributed by atoms with E-state index in [-0.39, 0.29) is 17.4 Å². The number of benzene rings is 3. The van der Waals surface area contributed by atoms with E-state index < -0.39 is 0 Å². The molecule has 0 radical (unpaired) electrons. The van der Waals surface area contributed by atoms with E-state index >= 15 is 0 Å². The number of anilines is 1. The minimum atomic E-state index is -0.118. The first-order valence-corrected chi connectivity index (χ1v) is 11.6. The van der Waals surface area contributed by atoms with E-state index in [0.717, 1.165) is 33.6 Å². The smallest absolute Gasteiger partial charge is 0.234 e. The largest absolute Gasteiger partial charge is 0.507 e. The van der Waals surface area contributed by atoms with Gasteiger partial charge in [0.25, 0.3) is 0 Å². The molecule has 0 saturated heterocycles. The molecular weight excluding hydrogens is 432 g/mol. The third kappa shape index (κ3) is 4.93. The summed E-state index contributed by atoms with van der Waals surface area (Å²) in [4.78, 5) is 12.7. The number of carbonyl (C=O) groups is 1. The standard InChI is InChI=1S/C26H26N4O2S/c1-16-10-12-22(19(4)13-16)30-25(20-7-5-6-8-23(20)31)28-29-26(30)33-15-24(32)27-21-14-17(2)9-11-18(21)3/h5-14,31H,15H2,1-4H3,(H,27,32). The zero-order valence-electron chi connectivity index (χ0n) is 19.1. The number of hydrogen-bond acceptors (Lipinski definition) is 5. The first kappa shape index (κ1) is 22.6. The molecule has 4 rings (SSSR count). The Bertz CT molecular complexity index is 1330. The zero-order chi connectivity index (χ0) is 23.5. The first-order chi connectivity index (χ1) is 15.8. The highest BCUT2D eigenvalue weighted by molar-refractivity contribution is 7.99. The SMILES string of the molecule is Cc1ccc(-n2c(SCC(=O)Nc3cc(C)ccc3C)nnc2-c2ccccc2O)c(C)c1. The van der Waals surface area contributed by atoms with Crippen molar-refractivity contribution in [2.24, 2.45) is 0 Å². The number of aromatic nitrogens is 3. The zero-order valence-corrected chi connectivity index (χ0v) is 19.9. The van der Waals surface area contributed by atoms with Gasteiger partial charge in [-0.15, -0.1) is 10.2 Å². The number of phenols is 1. The number of carbonyl (C=O) groups excluding carboxylic acids is 1. The van der Waals surface area contributed by atoms with E-state index in [0.29, 0.717) is 16.5 Å². The lowest BCUT2D eigenvalue weighted by molar-refractivity contribution is -0.113. The number of rotatable bonds is 6. The van der Waals surface area contributed by atoms with Crippen molar-refractivity contribution in [1.82, 2.24) is 14.8 Å². The number of nitrogens with one attached hydrogen (secondary N) is 1. The van der Waals surface area contributed by atoms with Gasteiger partial charge in [0.1, 0.15) is 5.75 Å². The van der Waals surface area contributed by atoms with Gasteiger partial charge >= 0.3 is 0 Å². The van der Waals surface area contributed by atoms with Crippen molar-refractivity contribution >= 4 is 23.4 Å². The molecule has 0 aliphatic carbocycles. The normalized spacial score (nSPS) is 10.9. The summed E-state index contributed by atoms with van der Waals surface area (Å²) in [6, 6.07) is 19.2. The summed E-state index contributed by atoms with van der Waals surface area (Å²) in [5, 5.41) is 22.8. The molecule has 0 aliphatic rings. The van der Waals surface area contributed by atoms with Crippen molar-refractivity contribution in [3.63, 3.8) is 0 Å². The molecular formula is C26H26N4O2S. The van der Waals surface area contributed by atoms with Crippen molar-refractivity contribution in [3.05, 3.63) is 82.9 Å². The third-order valence-electron chi connectivity index (χ3n) is 5.37. The molecule has 0 spiro atoms. The third-order valence-corrected chi connectivity index (χ3v) is 6.30. The van der Waals surface area contributed by atoms with Crippen LogP contribution in [-0.2, 0) is 4.79 Å². The molecule has 168 valence electrons. The van der Waals surface area contributed by atoms with Crippen LogP contribution in [0.1, 0.15) is 22.3 Å². The van der Waals surface area contributed by atoms with Crippen molar-refractivity contribution in [2.75, 3.05) is 11.1 Å². The minimum absolute atomic E-state index is 0.118. The van der Waals surface area contributed by atoms with Crippen LogP contribution in [0.3, 0.4) is 0 Å². The van der Waals surface area contributed by atoms with Gasteiger partial charge in [0.15, 0.2) is 11.0 Å². The summed E-state index contributed by atoms with van der Waals surface area (Å²) >= 11 is 1.31. The van der Waals surface area contributed by atoms with Gasteiger partial charge in [-0.05, 0) is 68.7 Å². The number of para-hydroxylation sites is 1. The molecule has 0 unspecified atom stereocenters. The van der Waals surface area contributed by atoms with E-state index in [1.54, 1.807) is 18.2 Å². The monoisotopic (exact) mass is 458 g/mol. The van der Waals surface area contributed by atoms with Gasteiger partial charge in [0.05, 0.1) is 17.0 Å². The molecule has 7 heteroatoms. The lowest BCUT2D eigenvalue weighted by Crippen LogP contribution is -2.15. The lowest BCUT2D eigenvalue weighted by Gasteiger charge is -2.14. The Labute approximate surface area is 197 Å². The van der Waals surface area contributed by atoms with Crippen molar-refractivity contribution in [1.29, 1.82) is 0 Å². The molecule has 1 heterocycles. The summed E-state index contributed by atoms with van der Waals surface area (Å²) in [6.07, 6.45) is 0. The van der Waals surface area contributed by atoms with E-state index in [1.165, 1.54) is 11.8 Å². The maximum absolute atomic E-state index is 12.7. The Morgan fingerprint density at radius 1 is 0.939 bits per heavy atom. The predicted molar refractivity (Wildman–Crippen MR) is 133 cm³/mol. The first-order valence-electron chi connectivity index (χ1n) is 10.6. The highest BCUT2D eigenvalue weighted by Crippen LogP contribution is 2.33. The van der Waals surface area contributed by atoms with E-state index in [2.05, 4.69) is 21.6 Å². The molecule has 2 N–H and O–H groups in total. The summed E-state index contributed by atoms with van der Waals surface area (Å²) in [5.41, 5.74) is 6.60. The van der Waals surface area contributed by atoms with Crippen LogP contribution in [0.15, 0.2) is 65.8 Å². The van der Waals surface area contributed by atoms with Gasteiger partial charge in [-0.1, -0.05) is 53.7 Å². The Morgan fingerprint density at radius 3 is 2.42 bits per heavy atom. The second-order valence-electron chi connectivity index (χ2n) is 8.10. The van der Waals surface area contributed by atoms with Gasteiger partial charge in [-0.2, -0.15) is 0 Å². The highest BCUT2D eigenvalue weighted by atomic mass is 32.2. The second-order valence-corrected chi connectivity index (χ2v) is 9.05. The fourth-order valence-corrected chi connectivity index (χ4v) is 4.41. The van der Waals surface area contributed by atoms with Crippen LogP contribution in [-0.4, -0.2) is 31.5 Å². The summed E-state index contributed by atoms with van der Waals surface area (Å²) in [6.45, 7) is 8.03. The lowest BCUT2D eigenvalue weighted by atomic mass is 10.1. The quantitative estimate of drug-likeness (QED) is 0.368. The Morgan fingerprint density at radius 2 is 1.67 bits per heavy atom. The summed E-state index contributed by atoms with van der Waals surface area (Å²) < 4.78 is 1.90. The maximum atomic E-state index is 12.7. The van der Waals surface area contributed by atoms with E-state index in [4.69, 9.17) is 0 Å². The molecule has 0 fully saturated rings. The van der Waals surface area contributed by atoms with Crippen molar-refractivity contribution in [2.45, 2.75) is 32.9 Å². The Hall–Kier alpha value is -3.58. The van der Waals surface area contributed by atoms with Crippen LogP contribution in [0.4, 0.5) is 5.69 Å². The molecule has 3 aromatic carbocycles. The van der Waals surface area contributed by atoms with Crippen molar-refractivity contribution in [3.8, 4) is 22.8 Å². The van der Waals surface area contributed by atoms with Crippen molar-refractivity contribution < 1.29 is 9.90 Å². The summed E-state index contributed by atoms with van der Waals surface area (Å²) in [7, 11) is 0. The van der Waals surface area contributed by atoms with Gasteiger partial charge in [-0.3, -0.25) is 9.36 Å². The molecule has 1 aromatic heterocycles. The Kier molecular flexibility index (Phi) is 6.51. The number of hydrogen-bond donors (Lipinski definition) is 2. The fraction of sp³-hybridized carbons (Fsp3) is 0.192. The number of thioether (sulfide) groups is 1. The fourth-order valence-electron chi connectivity index (χ4n) is 3.66. The van der Waals surface area contributed by atoms with E-state index in [1.807, 2.05) is 68.7 Å². The second kappa shape index (κ2) is 9.50. The van der Waals surface area contributed by atoms with Crippen LogP contribution < -0.4 is 5.32 Å². The van der Waals surface area contributed by atoms with Crippen LogP contribution in [0, 0.1) is 27.7 Å². The molecule has 33 heavy (non-hydrogen) atoms. The molecule has 1 amide bonds. The van der Waals surface area contributed by atoms with Gasteiger partial charge in [-0.25, -0.2) is 0 Å². The minimum Gasteiger partial charge on any atom is -0.507 e. The van der Waals surface area contributed by atoms with Crippen LogP contribution >= 0.6 is 11.8 Å². The molecule has 6 nitrogen and oxygen atoms in total. The average Bonchev–Trinajstić information content (AvgIpc) is 3.18. The van der Waals surface area contributed by atoms with Gasteiger partial charge in [0, 0.05) is 5.69 Å². The Balaban J connectivity index is 1.66. The van der Waals surface area contributed by atoms with Crippen LogP contribution in [0.25, 0.3) is 17.1 Å². The number of phenolic OH excluding ortho intramolecular Hbond substituents is 1. The highest BCUT2D eigenvalue weighted by Gasteiger charge is 2.20. The molecule has 0 aliphatic heterocycles. The van der Waals surface area contributed by atoms with Gasteiger partial charge < -0.3 is 10.4 Å². The van der Waals surface area contributed by atoms with Crippen LogP contribution in [0.2, 0.25) is 0 Å². The topological polar surface area (TPSA) is 80.0 Å².